The topological polar surface area (TPSA) is 71.1 Å². The summed E-state index contributed by atoms with van der Waals surface area (Å²) in [4.78, 5) is 4.65. The molecule has 2 heterocycles. The molecule has 2 aliphatic heterocycles. The van der Waals surface area contributed by atoms with Gasteiger partial charge in [-0.25, -0.2) is 0 Å². The van der Waals surface area contributed by atoms with Crippen LogP contribution in [0.5, 0.6) is 0 Å². The van der Waals surface area contributed by atoms with Gasteiger partial charge in [-0.2, -0.15) is 0 Å². The molecule has 0 radical (unpaired) electrons. The molecule has 0 spiro atoms. The van der Waals surface area contributed by atoms with Crippen molar-refractivity contribution in [3.05, 3.63) is 0 Å². The molecule has 0 N–H and O–H groups in total. The first-order valence-corrected chi connectivity index (χ1v) is 20.4. The van der Waals surface area contributed by atoms with Gasteiger partial charge < -0.3 is 43.0 Å². The fourth-order valence-corrected chi connectivity index (χ4v) is 11.1. The molecule has 2 saturated heterocycles. The Morgan fingerprint density at radius 3 is 1.76 bits per heavy atom. The van der Waals surface area contributed by atoms with E-state index in [1.54, 1.807) is 0 Å². The summed E-state index contributed by atoms with van der Waals surface area (Å²) in [5.74, 6) is 3.27. The molecule has 9 heteroatoms. The first kappa shape index (κ1) is 40.8. The third-order valence-corrected chi connectivity index (χ3v) is 14.0. The van der Waals surface area contributed by atoms with Gasteiger partial charge in [-0.3, -0.25) is 0 Å². The largest absolute Gasteiger partial charge is 0.379 e. The number of hydrogen-bond acceptors (Lipinski definition) is 9. The fraction of sp³-hybridized carbons (Fsp3) is 1.00. The molecule has 50 heavy (non-hydrogen) atoms. The summed E-state index contributed by atoms with van der Waals surface area (Å²) in [5.41, 5.74) is 0. The first-order valence-electron chi connectivity index (χ1n) is 20.4. The van der Waals surface area contributed by atoms with Crippen LogP contribution in [0.3, 0.4) is 0 Å². The van der Waals surface area contributed by atoms with Crippen molar-refractivity contribution in [3.8, 4) is 0 Å². The standard InChI is InChI=1S/C41H76N2O7/c1-42(2)22-20-30-25-35(45-6)37-26-29(30)15-10-27-11-16-31(17-12-27)49-36-24-28(14-19-34(36)44-5)13-18-32-33(21-23-43(3)4)38(46-7)40(47-8)41(48-9)39(32)50-37/h27-41H,10-26H2,1-9H3. The van der Waals surface area contributed by atoms with Crippen LogP contribution in [0.2, 0.25) is 0 Å². The zero-order chi connectivity index (χ0) is 35.8. The molecule has 6 bridgehead atoms. The highest BCUT2D eigenvalue weighted by Gasteiger charge is 2.54. The lowest BCUT2D eigenvalue weighted by atomic mass is 9.67. The minimum Gasteiger partial charge on any atom is -0.379 e. The van der Waals surface area contributed by atoms with Gasteiger partial charge in [-0.1, -0.05) is 6.42 Å². The van der Waals surface area contributed by atoms with Crippen molar-refractivity contribution >= 4 is 0 Å². The van der Waals surface area contributed by atoms with Crippen molar-refractivity contribution in [2.45, 2.75) is 151 Å². The van der Waals surface area contributed by atoms with Crippen LogP contribution in [0.15, 0.2) is 0 Å². The van der Waals surface area contributed by atoms with Crippen molar-refractivity contribution in [1.29, 1.82) is 0 Å². The maximum absolute atomic E-state index is 7.56. The Kier molecular flexibility index (Phi) is 16.2. The lowest BCUT2D eigenvalue weighted by Crippen LogP contribution is -2.62. The van der Waals surface area contributed by atoms with Crippen molar-refractivity contribution in [2.75, 3.05) is 76.8 Å². The first-order chi connectivity index (χ1) is 24.2. The van der Waals surface area contributed by atoms with Gasteiger partial charge in [-0.05, 0) is 167 Å². The second-order valence-electron chi connectivity index (χ2n) is 17.4. The molecule has 6 rings (SSSR count). The van der Waals surface area contributed by atoms with Crippen LogP contribution in [-0.4, -0.2) is 142 Å². The van der Waals surface area contributed by atoms with Crippen LogP contribution in [0.1, 0.15) is 96.3 Å². The van der Waals surface area contributed by atoms with Crippen LogP contribution >= 0.6 is 0 Å². The number of ether oxygens (including phenoxy) is 7. The highest BCUT2D eigenvalue weighted by atomic mass is 16.6. The van der Waals surface area contributed by atoms with Crippen LogP contribution in [-0.2, 0) is 33.2 Å². The number of hydrogen-bond donors (Lipinski definition) is 0. The van der Waals surface area contributed by atoms with Gasteiger partial charge in [0.1, 0.15) is 12.2 Å². The molecule has 0 aromatic carbocycles. The molecule has 6 fully saturated rings. The summed E-state index contributed by atoms with van der Waals surface area (Å²) in [6.07, 6.45) is 17.9. The van der Waals surface area contributed by atoms with Crippen molar-refractivity contribution in [1.82, 2.24) is 9.80 Å². The molecule has 6 aliphatic rings. The van der Waals surface area contributed by atoms with Crippen LogP contribution in [0, 0.1) is 35.5 Å². The molecule has 0 aromatic rings. The van der Waals surface area contributed by atoms with Gasteiger partial charge in [-0.15, -0.1) is 0 Å². The minimum atomic E-state index is -0.213. The van der Waals surface area contributed by atoms with Gasteiger partial charge >= 0.3 is 0 Å². The Bertz CT molecular complexity index is 963. The van der Waals surface area contributed by atoms with E-state index >= 15 is 0 Å². The smallest absolute Gasteiger partial charge is 0.112 e. The lowest BCUT2D eigenvalue weighted by molar-refractivity contribution is -0.248. The van der Waals surface area contributed by atoms with Gasteiger partial charge in [0.15, 0.2) is 0 Å². The average Bonchev–Trinajstić information content (AvgIpc) is 3.11. The highest BCUT2D eigenvalue weighted by molar-refractivity contribution is 5.03. The average molecular weight is 709 g/mol. The van der Waals surface area contributed by atoms with E-state index in [1.165, 1.54) is 51.4 Å². The molecule has 13 atom stereocenters. The molecule has 4 saturated carbocycles. The fourth-order valence-electron chi connectivity index (χ4n) is 11.1. The van der Waals surface area contributed by atoms with Gasteiger partial charge in [0.25, 0.3) is 0 Å². The second kappa shape index (κ2) is 19.8. The van der Waals surface area contributed by atoms with Gasteiger partial charge in [0.2, 0.25) is 0 Å². The Morgan fingerprint density at radius 2 is 1.12 bits per heavy atom. The zero-order valence-corrected chi connectivity index (χ0v) is 33.4. The van der Waals surface area contributed by atoms with Crippen molar-refractivity contribution in [2.24, 2.45) is 35.5 Å². The Morgan fingerprint density at radius 1 is 0.520 bits per heavy atom. The SMILES string of the molecule is COC1CCC2CCC3C(CCN(C)C)C(OC)C(OC)C(OC)C3OC3CC(CCC4CCC(CC4)OC1C2)C(CCN(C)C)CC3OC. The summed E-state index contributed by atoms with van der Waals surface area (Å²) in [7, 11) is 18.1. The lowest BCUT2D eigenvalue weighted by Gasteiger charge is -2.52. The molecule has 4 aliphatic carbocycles. The number of fused-ring (bicyclic) bond motifs is 4. The molecule has 292 valence electrons. The maximum Gasteiger partial charge on any atom is 0.112 e. The van der Waals surface area contributed by atoms with E-state index in [1.807, 2.05) is 35.5 Å². The van der Waals surface area contributed by atoms with Crippen LogP contribution in [0.4, 0.5) is 0 Å². The molecule has 0 amide bonds. The Hall–Kier alpha value is -0.360. The summed E-state index contributed by atoms with van der Waals surface area (Å²) in [6, 6.07) is 0. The van der Waals surface area contributed by atoms with E-state index in [0.717, 1.165) is 64.0 Å². The van der Waals surface area contributed by atoms with Crippen LogP contribution in [0.25, 0.3) is 0 Å². The second-order valence-corrected chi connectivity index (χ2v) is 17.4. The Balaban J connectivity index is 1.49. The molecule has 9 nitrogen and oxygen atoms in total. The number of nitrogens with zero attached hydrogens (tertiary/aromatic N) is 2. The third-order valence-electron chi connectivity index (χ3n) is 14.0. The summed E-state index contributed by atoms with van der Waals surface area (Å²) in [6.45, 7) is 2.12. The predicted octanol–water partition coefficient (Wildman–Crippen LogP) is 6.31. The number of methoxy groups -OCH3 is 5. The van der Waals surface area contributed by atoms with Gasteiger partial charge in [0.05, 0.1) is 42.7 Å². The van der Waals surface area contributed by atoms with E-state index in [2.05, 4.69) is 38.0 Å². The highest BCUT2D eigenvalue weighted by Crippen LogP contribution is 2.47. The zero-order valence-electron chi connectivity index (χ0n) is 33.4. The predicted molar refractivity (Wildman–Crippen MR) is 199 cm³/mol. The molecule has 13 unspecified atom stereocenters. The normalized spacial score (nSPS) is 43.4. The van der Waals surface area contributed by atoms with E-state index < -0.39 is 0 Å². The number of rotatable bonds is 11. The molecule has 0 aromatic heterocycles. The minimum absolute atomic E-state index is 0.0430. The van der Waals surface area contributed by atoms with Crippen molar-refractivity contribution < 1.29 is 33.2 Å². The van der Waals surface area contributed by atoms with E-state index in [9.17, 15) is 0 Å². The van der Waals surface area contributed by atoms with Gasteiger partial charge in [0, 0.05) is 35.5 Å². The van der Waals surface area contributed by atoms with E-state index in [4.69, 9.17) is 33.2 Å². The van der Waals surface area contributed by atoms with E-state index in [0.29, 0.717) is 29.8 Å². The monoisotopic (exact) mass is 709 g/mol. The van der Waals surface area contributed by atoms with Crippen molar-refractivity contribution in [3.63, 3.8) is 0 Å². The quantitative estimate of drug-likeness (QED) is 0.246. The third kappa shape index (κ3) is 10.2. The maximum atomic E-state index is 7.56. The van der Waals surface area contributed by atoms with Crippen LogP contribution < -0.4 is 0 Å². The Labute approximate surface area is 306 Å². The molecular weight excluding hydrogens is 632 g/mol. The summed E-state index contributed by atoms with van der Waals surface area (Å²) < 4.78 is 46.0. The molecular formula is C41H76N2O7. The van der Waals surface area contributed by atoms with E-state index in [-0.39, 0.29) is 54.7 Å². The summed E-state index contributed by atoms with van der Waals surface area (Å²) >= 11 is 0. The summed E-state index contributed by atoms with van der Waals surface area (Å²) in [5, 5.41) is 0.